The summed E-state index contributed by atoms with van der Waals surface area (Å²) in [4.78, 5) is 0. The fraction of sp³-hybridized carbons (Fsp3) is 0.750. The molecular weight excluding hydrogens is 170 g/mol. The van der Waals surface area contributed by atoms with E-state index in [1.807, 2.05) is 6.08 Å². The molecule has 0 spiro atoms. The highest BCUT2D eigenvalue weighted by Crippen LogP contribution is 2.25. The van der Waals surface area contributed by atoms with Gasteiger partial charge in [-0.2, -0.15) is 0 Å². The van der Waals surface area contributed by atoms with E-state index in [-0.39, 0.29) is 6.23 Å². The summed E-state index contributed by atoms with van der Waals surface area (Å²) in [5, 5.41) is 9.27. The van der Waals surface area contributed by atoms with E-state index >= 15 is 0 Å². The van der Waals surface area contributed by atoms with Gasteiger partial charge in [0.1, 0.15) is 0 Å². The first-order valence-electron chi connectivity index (χ1n) is 4.31. The SMILES string of the molecule is C=CCN1CCC[Si]1(CO)OC. The number of aliphatic hydroxyl groups excluding tert-OH is 1. The molecule has 1 N–H and O–H groups in total. The highest BCUT2D eigenvalue weighted by atomic mass is 28.4. The molecule has 1 atom stereocenters. The number of hydrogen-bond donors (Lipinski definition) is 1. The molecule has 0 amide bonds. The molecule has 1 rings (SSSR count). The highest BCUT2D eigenvalue weighted by Gasteiger charge is 2.43. The van der Waals surface area contributed by atoms with Gasteiger partial charge in [-0.15, -0.1) is 6.58 Å². The lowest BCUT2D eigenvalue weighted by atomic mass is 10.5. The minimum atomic E-state index is -1.91. The van der Waals surface area contributed by atoms with Crippen molar-refractivity contribution in [3.05, 3.63) is 12.7 Å². The minimum Gasteiger partial charge on any atom is -0.405 e. The monoisotopic (exact) mass is 187 g/mol. The Morgan fingerprint density at radius 2 is 2.50 bits per heavy atom. The Bertz CT molecular complexity index is 159. The van der Waals surface area contributed by atoms with Gasteiger partial charge in [0, 0.05) is 13.7 Å². The first kappa shape index (κ1) is 9.92. The molecule has 1 aliphatic heterocycles. The average Bonchev–Trinajstić information content (AvgIpc) is 2.50. The van der Waals surface area contributed by atoms with E-state index in [1.54, 1.807) is 7.11 Å². The molecule has 4 heteroatoms. The van der Waals surface area contributed by atoms with E-state index in [4.69, 9.17) is 4.43 Å². The normalized spacial score (nSPS) is 30.8. The second-order valence-electron chi connectivity index (χ2n) is 3.15. The zero-order valence-electron chi connectivity index (χ0n) is 7.62. The topological polar surface area (TPSA) is 32.7 Å². The molecule has 0 radical (unpaired) electrons. The van der Waals surface area contributed by atoms with Crippen molar-refractivity contribution in [3.63, 3.8) is 0 Å². The summed E-state index contributed by atoms with van der Waals surface area (Å²) in [6, 6.07) is 1.05. The largest absolute Gasteiger partial charge is 0.405 e. The van der Waals surface area contributed by atoms with Crippen molar-refractivity contribution in [3.8, 4) is 0 Å². The molecule has 0 saturated carbocycles. The molecular formula is C8H17NO2Si. The highest BCUT2D eigenvalue weighted by molar-refractivity contribution is 6.71. The summed E-state index contributed by atoms with van der Waals surface area (Å²) in [5.41, 5.74) is 0. The van der Waals surface area contributed by atoms with Crippen molar-refractivity contribution >= 4 is 8.48 Å². The Balaban J connectivity index is 2.64. The molecule has 12 heavy (non-hydrogen) atoms. The maximum absolute atomic E-state index is 9.27. The van der Waals surface area contributed by atoms with Crippen molar-refractivity contribution in [1.29, 1.82) is 0 Å². The van der Waals surface area contributed by atoms with Gasteiger partial charge in [0.15, 0.2) is 0 Å². The van der Waals surface area contributed by atoms with Crippen molar-refractivity contribution in [2.24, 2.45) is 0 Å². The Morgan fingerprint density at radius 1 is 1.75 bits per heavy atom. The third-order valence-corrected chi connectivity index (χ3v) is 6.50. The molecule has 3 nitrogen and oxygen atoms in total. The maximum atomic E-state index is 9.27. The van der Waals surface area contributed by atoms with E-state index < -0.39 is 8.48 Å². The Kier molecular flexibility index (Phi) is 3.46. The first-order chi connectivity index (χ1) is 5.79. The van der Waals surface area contributed by atoms with Crippen LogP contribution >= 0.6 is 0 Å². The van der Waals surface area contributed by atoms with E-state index in [9.17, 15) is 5.11 Å². The molecule has 1 aliphatic rings. The molecule has 1 saturated heterocycles. The van der Waals surface area contributed by atoms with Gasteiger partial charge in [-0.1, -0.05) is 6.08 Å². The van der Waals surface area contributed by atoms with Crippen LogP contribution in [0.3, 0.4) is 0 Å². The van der Waals surface area contributed by atoms with Gasteiger partial charge in [0.25, 0.3) is 8.48 Å². The fourth-order valence-electron chi connectivity index (χ4n) is 1.80. The van der Waals surface area contributed by atoms with E-state index in [2.05, 4.69) is 11.1 Å². The van der Waals surface area contributed by atoms with Crippen LogP contribution in [0.1, 0.15) is 6.42 Å². The standard InChI is InChI=1S/C8H17NO2Si/c1-3-5-9-6-4-7-12(9,8-10)11-2/h3,10H,1,4-8H2,2H3. The second-order valence-corrected chi connectivity index (χ2v) is 6.90. The molecule has 70 valence electrons. The summed E-state index contributed by atoms with van der Waals surface area (Å²) in [6.45, 7) is 5.60. The van der Waals surface area contributed by atoms with Gasteiger partial charge in [0.2, 0.25) is 0 Å². The second kappa shape index (κ2) is 4.18. The molecule has 0 aromatic rings. The lowest BCUT2D eigenvalue weighted by molar-refractivity contribution is 0.256. The maximum Gasteiger partial charge on any atom is 0.297 e. The predicted molar refractivity (Wildman–Crippen MR) is 51.0 cm³/mol. The molecule has 0 aromatic heterocycles. The fourth-order valence-corrected chi connectivity index (χ4v) is 4.80. The summed E-state index contributed by atoms with van der Waals surface area (Å²) in [7, 11) is -0.201. The molecule has 1 unspecified atom stereocenters. The van der Waals surface area contributed by atoms with Crippen LogP contribution in [-0.4, -0.2) is 44.6 Å². The van der Waals surface area contributed by atoms with Gasteiger partial charge in [-0.3, -0.25) is 4.57 Å². The summed E-state index contributed by atoms with van der Waals surface area (Å²) < 4.78 is 7.74. The van der Waals surface area contributed by atoms with Crippen molar-refractivity contribution < 1.29 is 9.53 Å². The van der Waals surface area contributed by atoms with Crippen LogP contribution in [-0.2, 0) is 4.43 Å². The van der Waals surface area contributed by atoms with Crippen LogP contribution in [0.2, 0.25) is 6.04 Å². The van der Waals surface area contributed by atoms with E-state index in [0.29, 0.717) is 0 Å². The number of hydrogen-bond acceptors (Lipinski definition) is 3. The van der Waals surface area contributed by atoms with Crippen molar-refractivity contribution in [2.75, 3.05) is 26.4 Å². The van der Waals surface area contributed by atoms with Crippen LogP contribution in [0.25, 0.3) is 0 Å². The average molecular weight is 187 g/mol. The van der Waals surface area contributed by atoms with E-state index in [0.717, 1.165) is 25.6 Å². The van der Waals surface area contributed by atoms with Crippen LogP contribution in [0.4, 0.5) is 0 Å². The van der Waals surface area contributed by atoms with Crippen molar-refractivity contribution in [2.45, 2.75) is 12.5 Å². The molecule has 0 bridgehead atoms. The molecule has 1 fully saturated rings. The van der Waals surface area contributed by atoms with Gasteiger partial charge in [-0.05, 0) is 19.0 Å². The Morgan fingerprint density at radius 3 is 3.00 bits per heavy atom. The zero-order valence-corrected chi connectivity index (χ0v) is 8.62. The smallest absolute Gasteiger partial charge is 0.297 e. The lowest BCUT2D eigenvalue weighted by Gasteiger charge is -2.31. The van der Waals surface area contributed by atoms with Crippen molar-refractivity contribution in [1.82, 2.24) is 4.57 Å². The number of nitrogens with zero attached hydrogens (tertiary/aromatic N) is 1. The third kappa shape index (κ3) is 1.61. The van der Waals surface area contributed by atoms with Crippen LogP contribution in [0.15, 0.2) is 12.7 Å². The summed E-state index contributed by atoms with van der Waals surface area (Å²) >= 11 is 0. The van der Waals surface area contributed by atoms with Crippen LogP contribution in [0, 0.1) is 0 Å². The van der Waals surface area contributed by atoms with Gasteiger partial charge >= 0.3 is 0 Å². The lowest BCUT2D eigenvalue weighted by Crippen LogP contribution is -2.54. The number of rotatable bonds is 4. The Labute approximate surface area is 74.9 Å². The molecule has 1 heterocycles. The third-order valence-electron chi connectivity index (χ3n) is 2.55. The predicted octanol–water partition coefficient (Wildman–Crippen LogP) is 0.498. The van der Waals surface area contributed by atoms with Gasteiger partial charge < -0.3 is 9.53 Å². The van der Waals surface area contributed by atoms with Crippen LogP contribution < -0.4 is 0 Å². The number of aliphatic hydroxyl groups is 1. The van der Waals surface area contributed by atoms with Gasteiger partial charge in [-0.25, -0.2) is 0 Å². The van der Waals surface area contributed by atoms with Crippen LogP contribution in [0.5, 0.6) is 0 Å². The quantitative estimate of drug-likeness (QED) is 0.514. The summed E-state index contributed by atoms with van der Waals surface area (Å²) in [6.07, 6.45) is 3.23. The molecule has 0 aliphatic carbocycles. The Hall–Kier alpha value is -0.163. The first-order valence-corrected chi connectivity index (χ1v) is 6.58. The zero-order chi connectivity index (χ0) is 9.03. The minimum absolute atomic E-state index is 0.206. The molecule has 0 aromatic carbocycles. The summed E-state index contributed by atoms with van der Waals surface area (Å²) in [5.74, 6) is 0. The van der Waals surface area contributed by atoms with Gasteiger partial charge in [0.05, 0.1) is 6.23 Å². The van der Waals surface area contributed by atoms with E-state index in [1.165, 1.54) is 0 Å².